The first kappa shape index (κ1) is 15.6. The van der Waals surface area contributed by atoms with Crippen molar-refractivity contribution in [2.45, 2.75) is 6.92 Å². The van der Waals surface area contributed by atoms with Crippen LogP contribution in [0.25, 0.3) is 11.3 Å². The van der Waals surface area contributed by atoms with Crippen molar-refractivity contribution < 1.29 is 12.4 Å². The van der Waals surface area contributed by atoms with Gasteiger partial charge < -0.3 is 10.1 Å². The number of hydrogen-bond donors (Lipinski definition) is 1. The smallest absolute Gasteiger partial charge is 0.276 e. The van der Waals surface area contributed by atoms with Crippen LogP contribution in [0.2, 0.25) is 0 Å². The number of nitrogens with zero attached hydrogens (tertiary/aromatic N) is 3. The minimum atomic E-state index is -0.297. The lowest BCUT2D eigenvalue weighted by Crippen LogP contribution is -2.16. The summed E-state index contributed by atoms with van der Waals surface area (Å²) in [5, 5.41) is 2.82. The number of nitrogens with one attached hydrogen (secondary N) is 1. The van der Waals surface area contributed by atoms with Crippen molar-refractivity contribution in [3.8, 4) is 17.1 Å². The minimum Gasteiger partial charge on any atom is -0.481 e. The van der Waals surface area contributed by atoms with Gasteiger partial charge in [0.05, 0.1) is 24.7 Å². The molecular weight excluding hydrogens is 304 g/mol. The van der Waals surface area contributed by atoms with Crippen LogP contribution in [0.4, 0.5) is 5.69 Å². The molecule has 1 aromatic carbocycles. The Morgan fingerprint density at radius 2 is 1.96 bits per heavy atom. The molecule has 2 aromatic heterocycles. The van der Waals surface area contributed by atoms with Gasteiger partial charge in [0.2, 0.25) is 5.88 Å². The van der Waals surface area contributed by atoms with Crippen LogP contribution in [-0.4, -0.2) is 28.0 Å². The van der Waals surface area contributed by atoms with Crippen molar-refractivity contribution in [2.24, 2.45) is 0 Å². The van der Waals surface area contributed by atoms with E-state index in [1.807, 2.05) is 30.3 Å². The summed E-state index contributed by atoms with van der Waals surface area (Å²) in [6.07, 6.45) is 3.25. The first-order valence-corrected chi connectivity index (χ1v) is 7.38. The van der Waals surface area contributed by atoms with Gasteiger partial charge in [-0.3, -0.25) is 9.78 Å². The van der Waals surface area contributed by atoms with Crippen molar-refractivity contribution in [3.05, 3.63) is 66.2 Å². The number of rotatable bonds is 4. The second-order valence-corrected chi connectivity index (χ2v) is 5.10. The van der Waals surface area contributed by atoms with Crippen LogP contribution in [-0.2, 0) is 0 Å². The van der Waals surface area contributed by atoms with E-state index in [9.17, 15) is 4.79 Å². The summed E-state index contributed by atoms with van der Waals surface area (Å²) in [4.78, 5) is 25.3. The first-order chi connectivity index (χ1) is 11.7. The zero-order valence-corrected chi connectivity index (χ0v) is 13.4. The van der Waals surface area contributed by atoms with Gasteiger partial charge in [-0.1, -0.05) is 18.2 Å². The maximum absolute atomic E-state index is 12.5. The summed E-state index contributed by atoms with van der Waals surface area (Å²) in [6, 6.07) is 12.8. The Labute approximate surface area is 142 Å². The maximum Gasteiger partial charge on any atom is 0.276 e. The molecule has 0 bridgehead atoms. The first-order valence-electron chi connectivity index (χ1n) is 7.38. The van der Waals surface area contributed by atoms with Crippen molar-refractivity contribution in [1.29, 1.82) is 0 Å². The fourth-order valence-electron chi connectivity index (χ4n) is 2.20. The Hall–Kier alpha value is -3.28. The number of methoxy groups -OCH3 is 1. The zero-order chi connectivity index (χ0) is 16.9. The molecule has 1 N–H and O–H groups in total. The molecule has 0 fully saturated rings. The highest BCUT2D eigenvalue weighted by Crippen LogP contribution is 2.21. The summed E-state index contributed by atoms with van der Waals surface area (Å²) in [7, 11) is 1.55. The molecule has 2 heterocycles. The minimum absolute atomic E-state index is 0. The second kappa shape index (κ2) is 6.87. The van der Waals surface area contributed by atoms with Gasteiger partial charge in [0.15, 0.2) is 0 Å². The lowest BCUT2D eigenvalue weighted by molar-refractivity contribution is 0.102. The van der Waals surface area contributed by atoms with E-state index >= 15 is 0 Å². The van der Waals surface area contributed by atoms with Gasteiger partial charge in [0.1, 0.15) is 5.69 Å². The van der Waals surface area contributed by atoms with Crippen LogP contribution in [0.15, 0.2) is 54.9 Å². The molecule has 1 amide bonds. The highest BCUT2D eigenvalue weighted by Gasteiger charge is 2.14. The van der Waals surface area contributed by atoms with Crippen LogP contribution >= 0.6 is 0 Å². The van der Waals surface area contributed by atoms with E-state index in [-0.39, 0.29) is 14.5 Å². The molecule has 0 aliphatic carbocycles. The largest absolute Gasteiger partial charge is 0.481 e. The van der Waals surface area contributed by atoms with Crippen molar-refractivity contribution in [3.63, 3.8) is 0 Å². The van der Waals surface area contributed by atoms with Gasteiger partial charge in [-0.05, 0) is 25.1 Å². The van der Waals surface area contributed by atoms with E-state index in [4.69, 9.17) is 4.74 Å². The number of benzene rings is 1. The van der Waals surface area contributed by atoms with Gasteiger partial charge >= 0.3 is 0 Å². The van der Waals surface area contributed by atoms with Crippen molar-refractivity contribution in [2.75, 3.05) is 12.4 Å². The number of anilines is 1. The fourth-order valence-corrected chi connectivity index (χ4v) is 2.20. The predicted octanol–water partition coefficient (Wildman–Crippen LogP) is 3.60. The molecule has 0 aliphatic rings. The van der Waals surface area contributed by atoms with Gasteiger partial charge in [0.25, 0.3) is 5.91 Å². The van der Waals surface area contributed by atoms with Gasteiger partial charge in [-0.15, -0.1) is 0 Å². The Bertz CT molecular complexity index is 876. The van der Waals surface area contributed by atoms with Gasteiger partial charge in [0, 0.05) is 26.4 Å². The number of hydrogen-bond acceptors (Lipinski definition) is 5. The third-order valence-corrected chi connectivity index (χ3v) is 3.44. The number of carbonyl (C=O) groups is 1. The fraction of sp³-hybridized carbons (Fsp3) is 0.111. The average molecular weight is 324 g/mol. The van der Waals surface area contributed by atoms with Gasteiger partial charge in [-0.2, -0.15) is 0 Å². The third kappa shape index (κ3) is 3.38. The molecule has 0 saturated carbocycles. The zero-order valence-electron chi connectivity index (χ0n) is 13.4. The van der Waals surface area contributed by atoms with E-state index in [1.54, 1.807) is 38.6 Å². The van der Waals surface area contributed by atoms with E-state index in [0.29, 0.717) is 23.0 Å². The summed E-state index contributed by atoms with van der Waals surface area (Å²) in [5.74, 6) is 0.180. The molecule has 3 rings (SSSR count). The number of carbonyl (C=O) groups excluding carboxylic acids is 1. The van der Waals surface area contributed by atoms with Crippen molar-refractivity contribution >= 4 is 11.6 Å². The van der Waals surface area contributed by atoms with E-state index in [1.165, 1.54) is 0 Å². The standard InChI is InChI=1S/C18H16N4O2.2H2/c1-12-17(18(23)21-14-6-4-3-5-7-14)22-15(11-20-12)13-8-9-19-16(10-13)24-2;;/h3-11H,1-2H3,(H,21,23);2*1H. The Kier molecular flexibility index (Phi) is 4.47. The van der Waals surface area contributed by atoms with Crippen LogP contribution < -0.4 is 10.1 Å². The molecule has 3 aromatic rings. The van der Waals surface area contributed by atoms with Crippen LogP contribution in [0.1, 0.15) is 19.0 Å². The van der Waals surface area contributed by atoms with Crippen LogP contribution in [0, 0.1) is 6.92 Å². The molecule has 0 unspecified atom stereocenters. The topological polar surface area (TPSA) is 77.0 Å². The van der Waals surface area contributed by atoms with Crippen LogP contribution in [0.5, 0.6) is 5.88 Å². The number of pyridine rings is 1. The number of aryl methyl sites for hydroxylation is 1. The Morgan fingerprint density at radius 1 is 1.17 bits per heavy atom. The second-order valence-electron chi connectivity index (χ2n) is 5.10. The molecule has 124 valence electrons. The summed E-state index contributed by atoms with van der Waals surface area (Å²) >= 11 is 0. The van der Waals surface area contributed by atoms with Crippen molar-refractivity contribution in [1.82, 2.24) is 15.0 Å². The monoisotopic (exact) mass is 324 g/mol. The normalized spacial score (nSPS) is 10.2. The number of amides is 1. The summed E-state index contributed by atoms with van der Waals surface area (Å²) in [5.41, 5.74) is 2.92. The van der Waals surface area contributed by atoms with E-state index in [0.717, 1.165) is 5.56 Å². The lowest BCUT2D eigenvalue weighted by Gasteiger charge is -2.09. The molecule has 24 heavy (non-hydrogen) atoms. The lowest BCUT2D eigenvalue weighted by atomic mass is 10.2. The molecule has 0 radical (unpaired) electrons. The van der Waals surface area contributed by atoms with Crippen LogP contribution in [0.3, 0.4) is 0 Å². The highest BCUT2D eigenvalue weighted by atomic mass is 16.5. The predicted molar refractivity (Wildman–Crippen MR) is 95.2 cm³/mol. The third-order valence-electron chi connectivity index (χ3n) is 3.44. The highest BCUT2D eigenvalue weighted by molar-refractivity contribution is 6.03. The quantitative estimate of drug-likeness (QED) is 0.793. The van der Waals surface area contributed by atoms with E-state index < -0.39 is 0 Å². The number of aromatic nitrogens is 3. The summed E-state index contributed by atoms with van der Waals surface area (Å²) < 4.78 is 5.12. The number of para-hydroxylation sites is 1. The summed E-state index contributed by atoms with van der Waals surface area (Å²) in [6.45, 7) is 1.75. The molecular formula is C18H20N4O2. The average Bonchev–Trinajstić information content (AvgIpc) is 2.63. The molecule has 0 aliphatic heterocycles. The Morgan fingerprint density at radius 3 is 2.71 bits per heavy atom. The molecule has 0 atom stereocenters. The Balaban J connectivity index is 0.00000169. The number of ether oxygens (including phenoxy) is 1. The molecule has 0 saturated heterocycles. The maximum atomic E-state index is 12.5. The molecule has 0 spiro atoms. The van der Waals surface area contributed by atoms with Gasteiger partial charge in [-0.25, -0.2) is 9.97 Å². The molecule has 6 nitrogen and oxygen atoms in total. The molecule has 6 heteroatoms. The SMILES string of the molecule is COc1cc(-c2cnc(C)c(C(=O)Nc3ccccc3)n2)ccn1.[HH].[HH]. The van der Waals surface area contributed by atoms with E-state index in [2.05, 4.69) is 20.3 Å².